The molecule has 0 atom stereocenters. The van der Waals surface area contributed by atoms with E-state index in [1.54, 1.807) is 45.0 Å². The predicted octanol–water partition coefficient (Wildman–Crippen LogP) is 3.63. The average Bonchev–Trinajstić information content (AvgIpc) is 2.95. The highest BCUT2D eigenvalue weighted by molar-refractivity contribution is 6.30. The highest BCUT2D eigenvalue weighted by Crippen LogP contribution is 2.21. The van der Waals surface area contributed by atoms with Crippen LogP contribution >= 0.6 is 11.6 Å². The molecule has 6 nitrogen and oxygen atoms in total. The Bertz CT molecular complexity index is 1160. The molecule has 0 bridgehead atoms. The van der Waals surface area contributed by atoms with Gasteiger partial charge < -0.3 is 9.72 Å². The minimum absolute atomic E-state index is 0.00647. The highest BCUT2D eigenvalue weighted by atomic mass is 35.5. The summed E-state index contributed by atoms with van der Waals surface area (Å²) in [5.74, 6) is 2.57. The molecule has 28 heavy (non-hydrogen) atoms. The maximum atomic E-state index is 12.9. The zero-order valence-electron chi connectivity index (χ0n) is 16.1. The number of fused-ring (bicyclic) bond motifs is 1. The summed E-state index contributed by atoms with van der Waals surface area (Å²) < 4.78 is 6.61. The molecule has 0 saturated heterocycles. The molecule has 0 spiro atoms. The molecule has 0 fully saturated rings. The van der Waals surface area contributed by atoms with E-state index in [4.69, 9.17) is 16.3 Å². The smallest absolute Gasteiger partial charge is 0.311 e. The Labute approximate surface area is 167 Å². The molecule has 144 valence electrons. The fourth-order valence-electron chi connectivity index (χ4n) is 2.53. The minimum atomic E-state index is -0.622. The van der Waals surface area contributed by atoms with Crippen LogP contribution in [0.1, 0.15) is 37.6 Å². The van der Waals surface area contributed by atoms with Crippen LogP contribution in [0.15, 0.2) is 35.4 Å². The van der Waals surface area contributed by atoms with Gasteiger partial charge in [0.2, 0.25) is 0 Å². The molecule has 2 heterocycles. The van der Waals surface area contributed by atoms with Gasteiger partial charge in [-0.2, -0.15) is 0 Å². The first-order valence-electron chi connectivity index (χ1n) is 8.70. The van der Waals surface area contributed by atoms with Crippen molar-refractivity contribution in [1.29, 1.82) is 0 Å². The zero-order valence-corrected chi connectivity index (χ0v) is 16.8. The second-order valence-electron chi connectivity index (χ2n) is 7.44. The van der Waals surface area contributed by atoms with Crippen LogP contribution in [0.3, 0.4) is 0 Å². The Morgan fingerprint density at radius 3 is 2.61 bits per heavy atom. The van der Waals surface area contributed by atoms with E-state index in [1.807, 2.05) is 6.92 Å². The van der Waals surface area contributed by atoms with E-state index in [2.05, 4.69) is 21.9 Å². The van der Waals surface area contributed by atoms with Gasteiger partial charge >= 0.3 is 5.97 Å². The normalized spacial score (nSPS) is 11.2. The van der Waals surface area contributed by atoms with Gasteiger partial charge in [0.05, 0.1) is 10.8 Å². The molecule has 0 radical (unpaired) electrons. The molecule has 1 aromatic carbocycles. The number of aromatic nitrogens is 3. The Kier molecular flexibility index (Phi) is 5.30. The minimum Gasteiger partial charge on any atom is -0.460 e. The molecule has 0 aliphatic rings. The van der Waals surface area contributed by atoms with Gasteiger partial charge in [-0.3, -0.25) is 9.59 Å². The quantitative estimate of drug-likeness (QED) is 0.529. The monoisotopic (exact) mass is 397 g/mol. The summed E-state index contributed by atoms with van der Waals surface area (Å²) in [5, 5.41) is 0.982. The Hall–Kier alpha value is -3.04. The van der Waals surface area contributed by atoms with Crippen molar-refractivity contribution in [2.75, 3.05) is 0 Å². The summed E-state index contributed by atoms with van der Waals surface area (Å²) >= 11 is 5.87. The number of aryl methyl sites for hydroxylation is 1. The summed E-state index contributed by atoms with van der Waals surface area (Å²) in [5.41, 5.74) is 1.55. The summed E-state index contributed by atoms with van der Waals surface area (Å²) in [6, 6.07) is 9.79. The van der Waals surface area contributed by atoms with Crippen molar-refractivity contribution in [2.45, 2.75) is 34.3 Å². The van der Waals surface area contributed by atoms with Gasteiger partial charge in [-0.1, -0.05) is 11.6 Å². The van der Waals surface area contributed by atoms with Crippen molar-refractivity contribution in [3.63, 3.8) is 0 Å². The van der Waals surface area contributed by atoms with Gasteiger partial charge in [-0.15, -0.1) is 0 Å². The number of rotatable bonds is 2. The summed E-state index contributed by atoms with van der Waals surface area (Å²) in [7, 11) is 0. The van der Waals surface area contributed by atoms with E-state index in [0.29, 0.717) is 21.6 Å². The molecular weight excluding hydrogens is 378 g/mol. The maximum Gasteiger partial charge on any atom is 0.311 e. The fourth-order valence-corrected chi connectivity index (χ4v) is 2.66. The Morgan fingerprint density at radius 1 is 1.29 bits per heavy atom. The van der Waals surface area contributed by atoms with Gasteiger partial charge in [0.25, 0.3) is 5.56 Å². The van der Waals surface area contributed by atoms with E-state index in [1.165, 1.54) is 10.9 Å². The number of H-pyrrole nitrogens is 1. The molecule has 0 unspecified atom stereocenters. The van der Waals surface area contributed by atoms with Gasteiger partial charge in [0, 0.05) is 27.9 Å². The molecule has 2 aromatic heterocycles. The lowest BCUT2D eigenvalue weighted by molar-refractivity contribution is -0.154. The second-order valence-corrected chi connectivity index (χ2v) is 7.88. The number of ether oxygens (including phenoxy) is 1. The van der Waals surface area contributed by atoms with Crippen molar-refractivity contribution in [3.05, 3.63) is 62.8 Å². The molecule has 3 aromatic rings. The number of aromatic amines is 1. The first-order chi connectivity index (χ1) is 13.2. The van der Waals surface area contributed by atoms with Gasteiger partial charge in [-0.05, 0) is 57.9 Å². The first-order valence-corrected chi connectivity index (χ1v) is 9.08. The van der Waals surface area contributed by atoms with E-state index < -0.39 is 5.41 Å². The van der Waals surface area contributed by atoms with Crippen molar-refractivity contribution in [1.82, 2.24) is 14.5 Å². The lowest BCUT2D eigenvalue weighted by Crippen LogP contribution is -2.23. The van der Waals surface area contributed by atoms with Crippen molar-refractivity contribution in [2.24, 2.45) is 5.41 Å². The van der Waals surface area contributed by atoms with Crippen LogP contribution in [0.4, 0.5) is 0 Å². The van der Waals surface area contributed by atoms with Crippen molar-refractivity contribution in [3.8, 4) is 12.0 Å². The van der Waals surface area contributed by atoms with Crippen LogP contribution < -0.4 is 5.56 Å². The van der Waals surface area contributed by atoms with Gasteiger partial charge in [-0.25, -0.2) is 9.55 Å². The Balaban J connectivity index is 1.98. The van der Waals surface area contributed by atoms with Crippen LogP contribution in [0, 0.1) is 24.3 Å². The van der Waals surface area contributed by atoms with E-state index in [0.717, 1.165) is 11.3 Å². The molecule has 7 heteroatoms. The fraction of sp³-hybridized carbons (Fsp3) is 0.286. The van der Waals surface area contributed by atoms with Gasteiger partial charge in [0.1, 0.15) is 18.6 Å². The second kappa shape index (κ2) is 7.53. The number of nitrogens with one attached hydrogen (secondary N) is 1. The number of esters is 1. The number of halogens is 1. The van der Waals surface area contributed by atoms with Crippen LogP contribution in [0.2, 0.25) is 5.02 Å². The van der Waals surface area contributed by atoms with Crippen molar-refractivity contribution < 1.29 is 9.53 Å². The van der Waals surface area contributed by atoms with E-state index >= 15 is 0 Å². The standard InChI is InChI=1S/C21H20ClN3O3/c1-13-16(11-28-20(27)21(2,3)4)17-18(24-13)23-12-25(19(17)26)10-9-14-5-7-15(22)8-6-14/h5-8,12,24H,11H2,1-4H3. The SMILES string of the molecule is Cc1[nH]c2ncn(C#Cc3ccc(Cl)cc3)c(=O)c2c1COC(=O)C(C)(C)C. The number of carbonyl (C=O) groups excluding carboxylic acids is 1. The number of hydrogen-bond acceptors (Lipinski definition) is 4. The van der Waals surface area contributed by atoms with Crippen LogP contribution in [0.5, 0.6) is 0 Å². The summed E-state index contributed by atoms with van der Waals surface area (Å²) in [4.78, 5) is 32.3. The molecule has 0 aliphatic heterocycles. The molecule has 1 N–H and O–H groups in total. The molecule has 0 aliphatic carbocycles. The van der Waals surface area contributed by atoms with Crippen LogP contribution in [0.25, 0.3) is 11.0 Å². The largest absolute Gasteiger partial charge is 0.460 e. The van der Waals surface area contributed by atoms with E-state index in [9.17, 15) is 9.59 Å². The summed E-state index contributed by atoms with van der Waals surface area (Å²) in [6.45, 7) is 7.13. The Morgan fingerprint density at radius 2 is 1.96 bits per heavy atom. The average molecular weight is 398 g/mol. The lowest BCUT2D eigenvalue weighted by atomic mass is 9.97. The number of hydrogen-bond donors (Lipinski definition) is 1. The third-order valence-electron chi connectivity index (χ3n) is 4.16. The molecule has 3 rings (SSSR count). The first kappa shape index (κ1) is 19.7. The van der Waals surface area contributed by atoms with Gasteiger partial charge in [0.15, 0.2) is 0 Å². The van der Waals surface area contributed by atoms with E-state index in [-0.39, 0.29) is 18.1 Å². The zero-order chi connectivity index (χ0) is 20.5. The number of benzene rings is 1. The topological polar surface area (TPSA) is 77.0 Å². The number of nitrogens with zero attached hydrogens (tertiary/aromatic N) is 2. The molecular formula is C21H20ClN3O3. The predicted molar refractivity (Wildman–Crippen MR) is 108 cm³/mol. The lowest BCUT2D eigenvalue weighted by Gasteiger charge is -2.16. The molecule has 0 amide bonds. The number of carbonyl (C=O) groups is 1. The third-order valence-corrected chi connectivity index (χ3v) is 4.41. The molecule has 0 saturated carbocycles. The third kappa shape index (κ3) is 4.10. The van der Waals surface area contributed by atoms with Crippen LogP contribution in [-0.4, -0.2) is 20.5 Å². The summed E-state index contributed by atoms with van der Waals surface area (Å²) in [6.07, 6.45) is 1.37. The maximum absolute atomic E-state index is 12.9. The highest BCUT2D eigenvalue weighted by Gasteiger charge is 2.24. The van der Waals surface area contributed by atoms with Crippen LogP contribution in [-0.2, 0) is 16.1 Å². The van der Waals surface area contributed by atoms with Crippen molar-refractivity contribution >= 4 is 28.6 Å².